The van der Waals surface area contributed by atoms with Crippen LogP contribution in [-0.2, 0) is 14.3 Å². The van der Waals surface area contributed by atoms with Crippen molar-refractivity contribution in [3.8, 4) is 0 Å². The van der Waals surface area contributed by atoms with Crippen molar-refractivity contribution in [1.29, 1.82) is 0 Å². The van der Waals surface area contributed by atoms with E-state index in [0.717, 1.165) is 19.2 Å². The molecule has 0 aliphatic rings. The van der Waals surface area contributed by atoms with E-state index in [1.165, 1.54) is 0 Å². The van der Waals surface area contributed by atoms with Crippen molar-refractivity contribution in [1.82, 2.24) is 5.32 Å². The normalized spacial score (nSPS) is 15.6. The first-order valence-electron chi connectivity index (χ1n) is 7.48. The summed E-state index contributed by atoms with van der Waals surface area (Å²) in [4.78, 5) is 22.2. The quantitative estimate of drug-likeness (QED) is 0.403. The third kappa shape index (κ3) is 5.42. The van der Waals surface area contributed by atoms with Crippen LogP contribution in [0, 0.1) is 5.92 Å². The van der Waals surface area contributed by atoms with E-state index in [1.54, 1.807) is 0 Å². The Bertz CT molecular complexity index is 667. The highest BCUT2D eigenvalue weighted by atomic mass is 19.4. The molecule has 4 nitrogen and oxygen atoms in total. The number of halogens is 14. The van der Waals surface area contributed by atoms with E-state index in [0.29, 0.717) is 0 Å². The Morgan fingerprint density at radius 2 is 1.06 bits per heavy atom. The molecule has 1 amide bonds. The Hall–Kier alpha value is -2.04. The first-order chi connectivity index (χ1) is 13.4. The average Bonchev–Trinajstić information content (AvgIpc) is 2.54. The third-order valence-electron chi connectivity index (χ3n) is 3.56. The summed E-state index contributed by atoms with van der Waals surface area (Å²) in [5.41, 5.74) is 0. The predicted octanol–water partition coefficient (Wildman–Crippen LogP) is 4.34. The summed E-state index contributed by atoms with van der Waals surface area (Å²) in [6, 6.07) is -2.28. The Kier molecular flexibility index (Phi) is 7.92. The van der Waals surface area contributed by atoms with Gasteiger partial charge in [0.15, 0.2) is 0 Å². The van der Waals surface area contributed by atoms with Gasteiger partial charge in [0.05, 0.1) is 6.04 Å². The fourth-order valence-corrected chi connectivity index (χ4v) is 1.54. The van der Waals surface area contributed by atoms with E-state index in [2.05, 4.69) is 4.74 Å². The average molecular weight is 495 g/mol. The number of rotatable bonds is 8. The molecule has 0 aliphatic carbocycles. The largest absolute Gasteiger partial charge is 0.460 e. The standard InChI is InChI=1S/C13H11F14NO3/c1-4(2)5(28-6(29)8(14,15)10(18,19)12(22,23)24)3-31-7(30)9(16,17)11(20,21)13(25,26)27/h4-5H,3H2,1-2H3,(H,28,29)/t5-/m1/s1. The summed E-state index contributed by atoms with van der Waals surface area (Å²) >= 11 is 0. The molecule has 18 heteroatoms. The maximum Gasteiger partial charge on any atom is 0.460 e. The molecule has 0 fully saturated rings. The van der Waals surface area contributed by atoms with Gasteiger partial charge in [0.1, 0.15) is 6.61 Å². The Labute approximate surface area is 162 Å². The van der Waals surface area contributed by atoms with Crippen molar-refractivity contribution in [3.63, 3.8) is 0 Å². The lowest BCUT2D eigenvalue weighted by Crippen LogP contribution is -2.61. The summed E-state index contributed by atoms with van der Waals surface area (Å²) in [6.07, 6.45) is -13.9. The maximum absolute atomic E-state index is 13.3. The highest BCUT2D eigenvalue weighted by molar-refractivity contribution is 5.85. The Morgan fingerprint density at radius 1 is 0.710 bits per heavy atom. The monoisotopic (exact) mass is 495 g/mol. The summed E-state index contributed by atoms with van der Waals surface area (Å²) in [5.74, 6) is -35.1. The van der Waals surface area contributed by atoms with E-state index >= 15 is 0 Å². The van der Waals surface area contributed by atoms with Crippen molar-refractivity contribution < 1.29 is 75.8 Å². The zero-order chi connectivity index (χ0) is 25.4. The number of esters is 1. The van der Waals surface area contributed by atoms with Crippen LogP contribution >= 0.6 is 0 Å². The fraction of sp³-hybridized carbons (Fsp3) is 0.846. The highest BCUT2D eigenvalue weighted by Crippen LogP contribution is 2.48. The van der Waals surface area contributed by atoms with Gasteiger partial charge in [-0.15, -0.1) is 0 Å². The van der Waals surface area contributed by atoms with Crippen LogP contribution in [-0.4, -0.2) is 60.6 Å². The van der Waals surface area contributed by atoms with E-state index < -0.39 is 66.5 Å². The molecule has 0 saturated carbocycles. The van der Waals surface area contributed by atoms with Crippen molar-refractivity contribution in [3.05, 3.63) is 0 Å². The number of carbonyl (C=O) groups excluding carboxylic acids is 2. The number of alkyl halides is 14. The fourth-order valence-electron chi connectivity index (χ4n) is 1.54. The molecular formula is C13H11F14NO3. The van der Waals surface area contributed by atoms with E-state index in [4.69, 9.17) is 0 Å². The number of carbonyl (C=O) groups is 2. The van der Waals surface area contributed by atoms with Crippen LogP contribution in [0.15, 0.2) is 0 Å². The SMILES string of the molecule is CC(C)[C@@H](COC(=O)C(F)(F)C(F)(F)C(F)(F)F)NC(=O)C(F)(F)C(F)(F)C(F)(F)F. The van der Waals surface area contributed by atoms with Gasteiger partial charge in [-0.25, -0.2) is 4.79 Å². The third-order valence-corrected chi connectivity index (χ3v) is 3.56. The minimum absolute atomic E-state index is 0.810. The molecular weight excluding hydrogens is 484 g/mol. The van der Waals surface area contributed by atoms with Gasteiger partial charge in [-0.3, -0.25) is 4.79 Å². The maximum atomic E-state index is 13.3. The summed E-state index contributed by atoms with van der Waals surface area (Å²) in [7, 11) is 0. The lowest BCUT2D eigenvalue weighted by atomic mass is 10.0. The molecule has 0 aromatic heterocycles. The number of hydrogen-bond acceptors (Lipinski definition) is 3. The highest BCUT2D eigenvalue weighted by Gasteiger charge is 2.78. The number of nitrogens with one attached hydrogen (secondary N) is 1. The van der Waals surface area contributed by atoms with Crippen LogP contribution in [0.3, 0.4) is 0 Å². The first-order valence-corrected chi connectivity index (χ1v) is 7.48. The summed E-state index contributed by atoms with van der Waals surface area (Å²) in [5, 5.41) is 0.810. The summed E-state index contributed by atoms with van der Waals surface area (Å²) in [6.45, 7) is -0.109. The molecule has 0 bridgehead atoms. The van der Waals surface area contributed by atoms with Gasteiger partial charge in [0.25, 0.3) is 5.91 Å². The second-order valence-electron chi connectivity index (χ2n) is 6.22. The van der Waals surface area contributed by atoms with Crippen LogP contribution in [0.5, 0.6) is 0 Å². The van der Waals surface area contributed by atoms with Gasteiger partial charge in [-0.1, -0.05) is 13.8 Å². The van der Waals surface area contributed by atoms with Crippen molar-refractivity contribution in [2.45, 2.75) is 55.9 Å². The predicted molar refractivity (Wildman–Crippen MR) is 69.6 cm³/mol. The minimum atomic E-state index is -6.95. The molecule has 0 aromatic carbocycles. The van der Waals surface area contributed by atoms with Crippen molar-refractivity contribution >= 4 is 11.9 Å². The van der Waals surface area contributed by atoms with Crippen LogP contribution in [0.25, 0.3) is 0 Å². The second kappa shape index (κ2) is 8.48. The molecule has 0 rings (SSSR count). The second-order valence-corrected chi connectivity index (χ2v) is 6.22. The Balaban J connectivity index is 5.53. The molecule has 0 aromatic rings. The van der Waals surface area contributed by atoms with Crippen LogP contribution < -0.4 is 5.32 Å². The molecule has 1 N–H and O–H groups in total. The molecule has 31 heavy (non-hydrogen) atoms. The van der Waals surface area contributed by atoms with Crippen molar-refractivity contribution in [2.24, 2.45) is 5.92 Å². The van der Waals surface area contributed by atoms with E-state index in [-0.39, 0.29) is 0 Å². The smallest absolute Gasteiger partial charge is 0.459 e. The van der Waals surface area contributed by atoms with Gasteiger partial charge >= 0.3 is 42.0 Å². The van der Waals surface area contributed by atoms with Crippen LogP contribution in [0.2, 0.25) is 0 Å². The molecule has 0 heterocycles. The van der Waals surface area contributed by atoms with Gasteiger partial charge in [0, 0.05) is 0 Å². The first kappa shape index (κ1) is 29.0. The van der Waals surface area contributed by atoms with E-state index in [9.17, 15) is 71.1 Å². The number of hydrogen-bond donors (Lipinski definition) is 1. The van der Waals surface area contributed by atoms with E-state index in [1.807, 2.05) is 0 Å². The van der Waals surface area contributed by atoms with Crippen LogP contribution in [0.4, 0.5) is 61.5 Å². The molecule has 184 valence electrons. The van der Waals surface area contributed by atoms with Crippen molar-refractivity contribution in [2.75, 3.05) is 6.61 Å². The van der Waals surface area contributed by atoms with Gasteiger partial charge < -0.3 is 10.1 Å². The molecule has 0 spiro atoms. The molecule has 1 atom stereocenters. The number of amides is 1. The molecule has 0 unspecified atom stereocenters. The lowest BCUT2D eigenvalue weighted by Gasteiger charge is -2.30. The van der Waals surface area contributed by atoms with Gasteiger partial charge in [-0.05, 0) is 5.92 Å². The minimum Gasteiger partial charge on any atom is -0.459 e. The van der Waals surface area contributed by atoms with Gasteiger partial charge in [-0.2, -0.15) is 61.5 Å². The topological polar surface area (TPSA) is 55.4 Å². The molecule has 0 radical (unpaired) electrons. The molecule has 0 saturated heterocycles. The molecule has 0 aliphatic heterocycles. The number of ether oxygens (including phenoxy) is 1. The van der Waals surface area contributed by atoms with Crippen LogP contribution in [0.1, 0.15) is 13.8 Å². The zero-order valence-electron chi connectivity index (χ0n) is 14.9. The zero-order valence-corrected chi connectivity index (χ0v) is 14.9. The van der Waals surface area contributed by atoms with Gasteiger partial charge in [0.2, 0.25) is 0 Å². The Morgan fingerprint density at radius 3 is 1.39 bits per heavy atom. The summed E-state index contributed by atoms with van der Waals surface area (Å²) < 4.78 is 179. The lowest BCUT2D eigenvalue weighted by molar-refractivity contribution is -0.348.